The molecule has 1 amide bonds. The summed E-state index contributed by atoms with van der Waals surface area (Å²) in [7, 11) is 0. The lowest BCUT2D eigenvalue weighted by Crippen LogP contribution is -2.29. The van der Waals surface area contributed by atoms with Crippen molar-refractivity contribution in [3.8, 4) is 16.6 Å². The molecule has 8 heteroatoms. The van der Waals surface area contributed by atoms with Gasteiger partial charge in [0.25, 0.3) is 0 Å². The molecule has 5 rings (SSSR count). The third-order valence-electron chi connectivity index (χ3n) is 6.42. The second-order valence-electron chi connectivity index (χ2n) is 9.90. The molecule has 6 nitrogen and oxygen atoms in total. The van der Waals surface area contributed by atoms with Crippen LogP contribution in [0.25, 0.3) is 20.8 Å². The third kappa shape index (κ3) is 5.15. The predicted molar refractivity (Wildman–Crippen MR) is 149 cm³/mol. The Kier molecular flexibility index (Phi) is 6.84. The molecule has 0 aliphatic heterocycles. The molecule has 0 unspecified atom stereocenters. The number of rotatable bonds is 6. The van der Waals surface area contributed by atoms with Crippen LogP contribution in [0.3, 0.4) is 0 Å². The van der Waals surface area contributed by atoms with E-state index in [9.17, 15) is 14.9 Å². The van der Waals surface area contributed by atoms with Crippen molar-refractivity contribution >= 4 is 50.7 Å². The minimum atomic E-state index is -0.185. The molecule has 0 spiro atoms. The van der Waals surface area contributed by atoms with Crippen molar-refractivity contribution in [2.75, 3.05) is 11.1 Å². The normalized spacial score (nSPS) is 14.3. The second kappa shape index (κ2) is 10.1. The monoisotopic (exact) mass is 526 g/mol. The number of nitrogens with one attached hydrogen (secondary N) is 1. The summed E-state index contributed by atoms with van der Waals surface area (Å²) in [6.07, 6.45) is 1.69. The largest absolute Gasteiger partial charge is 0.325 e. The van der Waals surface area contributed by atoms with Crippen molar-refractivity contribution in [3.05, 3.63) is 70.9 Å². The van der Waals surface area contributed by atoms with Crippen LogP contribution < -0.4 is 5.32 Å². The highest BCUT2D eigenvalue weighted by molar-refractivity contribution is 8.00. The lowest BCUT2D eigenvalue weighted by molar-refractivity contribution is -0.113. The standard InChI is InChI=1S/C29H26N4O2S2/c1-4-19-20(15-30)28(33-22-13-29(2,3)14-23(34)26(19)22)36-16-25(35)31-18-11-9-17(10-12-18)27-32-21-7-5-6-8-24(21)37-27/h5-12H,4,13-14,16H2,1-3H3,(H,31,35). The van der Waals surface area contributed by atoms with Gasteiger partial charge in [0.05, 0.1) is 27.2 Å². The molecule has 37 heavy (non-hydrogen) atoms. The van der Waals surface area contributed by atoms with Gasteiger partial charge in [-0.2, -0.15) is 5.26 Å². The quantitative estimate of drug-likeness (QED) is 0.282. The zero-order chi connectivity index (χ0) is 26.2. The molecule has 0 bridgehead atoms. The number of aromatic nitrogens is 2. The Bertz CT molecular complexity index is 1530. The van der Waals surface area contributed by atoms with E-state index in [0.29, 0.717) is 41.1 Å². The number of amides is 1. The van der Waals surface area contributed by atoms with Gasteiger partial charge >= 0.3 is 0 Å². The first kappa shape index (κ1) is 25.1. The average molecular weight is 527 g/mol. The number of nitrogens with zero attached hydrogens (tertiary/aromatic N) is 3. The zero-order valence-electron chi connectivity index (χ0n) is 20.9. The number of hydrogen-bond acceptors (Lipinski definition) is 7. The Morgan fingerprint density at radius 1 is 1.14 bits per heavy atom. The number of nitriles is 1. The van der Waals surface area contributed by atoms with E-state index in [1.54, 1.807) is 11.3 Å². The predicted octanol–water partition coefficient (Wildman–Crippen LogP) is 6.68. The molecule has 186 valence electrons. The number of carbonyl (C=O) groups excluding carboxylic acids is 2. The molecular weight excluding hydrogens is 500 g/mol. The molecule has 1 aliphatic rings. The second-order valence-corrected chi connectivity index (χ2v) is 11.9. The number of benzene rings is 2. The van der Waals surface area contributed by atoms with Crippen LogP contribution in [-0.2, 0) is 17.6 Å². The van der Waals surface area contributed by atoms with Crippen molar-refractivity contribution in [2.45, 2.75) is 45.1 Å². The van der Waals surface area contributed by atoms with Crippen LogP contribution in [0.15, 0.2) is 53.6 Å². The molecule has 0 saturated heterocycles. The van der Waals surface area contributed by atoms with Crippen molar-refractivity contribution in [3.63, 3.8) is 0 Å². The maximum atomic E-state index is 12.9. The fourth-order valence-electron chi connectivity index (χ4n) is 4.75. The van der Waals surface area contributed by atoms with E-state index in [4.69, 9.17) is 4.98 Å². The third-order valence-corrected chi connectivity index (χ3v) is 8.48. The summed E-state index contributed by atoms with van der Waals surface area (Å²) in [5.41, 5.74) is 5.00. The smallest absolute Gasteiger partial charge is 0.234 e. The van der Waals surface area contributed by atoms with Crippen molar-refractivity contribution in [2.24, 2.45) is 5.41 Å². The molecule has 0 saturated carbocycles. The molecule has 0 radical (unpaired) electrons. The Morgan fingerprint density at radius 3 is 2.59 bits per heavy atom. The lowest BCUT2D eigenvalue weighted by atomic mass is 9.74. The Balaban J connectivity index is 1.30. The molecule has 2 heterocycles. The Hall–Kier alpha value is -3.54. The minimum Gasteiger partial charge on any atom is -0.325 e. The number of hydrogen-bond donors (Lipinski definition) is 1. The van der Waals surface area contributed by atoms with E-state index in [0.717, 1.165) is 32.0 Å². The van der Waals surface area contributed by atoms with Crippen molar-refractivity contribution in [1.82, 2.24) is 9.97 Å². The molecule has 4 aromatic rings. The van der Waals surface area contributed by atoms with E-state index in [2.05, 4.69) is 36.3 Å². The van der Waals surface area contributed by atoms with Gasteiger partial charge < -0.3 is 5.32 Å². The number of anilines is 1. The summed E-state index contributed by atoms with van der Waals surface area (Å²) in [5, 5.41) is 14.2. The number of thiazole rings is 1. The van der Waals surface area contributed by atoms with Gasteiger partial charge in [-0.1, -0.05) is 44.7 Å². The van der Waals surface area contributed by atoms with Crippen LogP contribution in [0.2, 0.25) is 0 Å². The highest BCUT2D eigenvalue weighted by Gasteiger charge is 2.35. The first-order chi connectivity index (χ1) is 17.8. The Morgan fingerprint density at radius 2 is 1.89 bits per heavy atom. The van der Waals surface area contributed by atoms with Crippen molar-refractivity contribution in [1.29, 1.82) is 5.26 Å². The van der Waals surface area contributed by atoms with E-state index >= 15 is 0 Å². The molecule has 2 aromatic carbocycles. The fraction of sp³-hybridized carbons (Fsp3) is 0.276. The van der Waals surface area contributed by atoms with Gasteiger partial charge in [0.2, 0.25) is 5.91 Å². The SMILES string of the molecule is CCc1c(C#N)c(SCC(=O)Nc2ccc(-c3nc4ccccc4s3)cc2)nc2c1C(=O)CC(C)(C)C2. The molecule has 0 atom stereocenters. The van der Waals surface area contributed by atoms with E-state index < -0.39 is 0 Å². The fourth-order valence-corrected chi connectivity index (χ4v) is 6.55. The van der Waals surface area contributed by atoms with Gasteiger partial charge in [-0.25, -0.2) is 9.97 Å². The number of para-hydroxylation sites is 1. The highest BCUT2D eigenvalue weighted by atomic mass is 32.2. The van der Waals surface area contributed by atoms with Crippen LogP contribution in [-0.4, -0.2) is 27.4 Å². The number of Topliss-reactive ketones (excluding diaryl/α,β-unsaturated/α-hetero) is 1. The van der Waals surface area contributed by atoms with Gasteiger partial charge in [-0.15, -0.1) is 11.3 Å². The Labute approximate surface area is 224 Å². The summed E-state index contributed by atoms with van der Waals surface area (Å²) in [5.74, 6) is -0.0214. The van der Waals surface area contributed by atoms with E-state index in [1.165, 1.54) is 11.8 Å². The first-order valence-corrected chi connectivity index (χ1v) is 14.0. The van der Waals surface area contributed by atoms with E-state index in [1.807, 2.05) is 49.4 Å². The summed E-state index contributed by atoms with van der Waals surface area (Å²) in [6, 6.07) is 17.9. The van der Waals surface area contributed by atoms with Gasteiger partial charge in [0, 0.05) is 23.2 Å². The molecule has 2 aromatic heterocycles. The van der Waals surface area contributed by atoms with Gasteiger partial charge in [0.15, 0.2) is 5.78 Å². The van der Waals surface area contributed by atoms with Crippen LogP contribution in [0.4, 0.5) is 5.69 Å². The van der Waals surface area contributed by atoms with Gasteiger partial charge in [-0.05, 0) is 60.2 Å². The van der Waals surface area contributed by atoms with Crippen LogP contribution in [0, 0.1) is 16.7 Å². The summed E-state index contributed by atoms with van der Waals surface area (Å²) < 4.78 is 1.14. The molecule has 1 N–H and O–H groups in total. The zero-order valence-corrected chi connectivity index (χ0v) is 22.6. The molecular formula is C29H26N4O2S2. The number of ketones is 1. The average Bonchev–Trinajstić information content (AvgIpc) is 3.30. The summed E-state index contributed by atoms with van der Waals surface area (Å²) in [4.78, 5) is 35.0. The van der Waals surface area contributed by atoms with Crippen LogP contribution in [0.1, 0.15) is 54.4 Å². The highest BCUT2D eigenvalue weighted by Crippen LogP contribution is 2.38. The maximum absolute atomic E-state index is 12.9. The number of pyridine rings is 1. The topological polar surface area (TPSA) is 95.7 Å². The summed E-state index contributed by atoms with van der Waals surface area (Å²) in [6.45, 7) is 6.06. The van der Waals surface area contributed by atoms with Crippen LogP contribution >= 0.6 is 23.1 Å². The summed E-state index contributed by atoms with van der Waals surface area (Å²) >= 11 is 2.88. The number of carbonyl (C=O) groups is 2. The van der Waals surface area contributed by atoms with Crippen LogP contribution in [0.5, 0.6) is 0 Å². The molecule has 1 aliphatic carbocycles. The lowest BCUT2D eigenvalue weighted by Gasteiger charge is -2.31. The first-order valence-electron chi connectivity index (χ1n) is 12.2. The number of fused-ring (bicyclic) bond motifs is 2. The van der Waals surface area contributed by atoms with E-state index in [-0.39, 0.29) is 22.9 Å². The molecule has 0 fully saturated rings. The maximum Gasteiger partial charge on any atom is 0.234 e. The minimum absolute atomic E-state index is 0.0516. The van der Waals surface area contributed by atoms with Gasteiger partial charge in [-0.3, -0.25) is 9.59 Å². The van der Waals surface area contributed by atoms with Crippen molar-refractivity contribution < 1.29 is 9.59 Å². The van der Waals surface area contributed by atoms with Gasteiger partial charge in [0.1, 0.15) is 16.1 Å². The number of thioether (sulfide) groups is 1.